The second-order valence-electron chi connectivity index (χ2n) is 2.46. The zero-order valence-electron chi connectivity index (χ0n) is 8.03. The quantitative estimate of drug-likeness (QED) is 0.383. The molecule has 0 saturated heterocycles. The first-order valence-corrected chi connectivity index (χ1v) is 4.12. The van der Waals surface area contributed by atoms with E-state index in [0.29, 0.717) is 6.54 Å². The van der Waals surface area contributed by atoms with Gasteiger partial charge in [0.2, 0.25) is 0 Å². The Balaban J connectivity index is 3.54. The van der Waals surface area contributed by atoms with Crippen LogP contribution in [0.5, 0.6) is 0 Å². The van der Waals surface area contributed by atoms with Crippen LogP contribution in [0.15, 0.2) is 0 Å². The summed E-state index contributed by atoms with van der Waals surface area (Å²) in [5, 5.41) is 17.8. The molecule has 0 amide bonds. The lowest BCUT2D eigenvalue weighted by molar-refractivity contribution is -0.758. The molecule has 0 aliphatic carbocycles. The van der Waals surface area contributed by atoms with E-state index >= 15 is 0 Å². The molecule has 0 atom stereocenters. The number of nitrogens with zero attached hydrogens (tertiary/aromatic N) is 3. The summed E-state index contributed by atoms with van der Waals surface area (Å²) in [5.74, 6) is 0. The average molecular weight is 222 g/mol. The fraction of sp³-hybridized carbons (Fsp3) is 0.833. The molecule has 0 aromatic rings. The molecule has 0 aromatic heterocycles. The third kappa shape index (κ3) is 8.68. The average Bonchev–Trinajstić information content (AvgIpc) is 2.14. The highest BCUT2D eigenvalue weighted by molar-refractivity contribution is 4.56. The Labute approximate surface area is 85.8 Å². The van der Waals surface area contributed by atoms with Crippen molar-refractivity contribution in [3.05, 3.63) is 27.2 Å². The third-order valence-corrected chi connectivity index (χ3v) is 1.52. The van der Waals surface area contributed by atoms with Crippen LogP contribution in [0, 0.1) is 27.2 Å². The van der Waals surface area contributed by atoms with Crippen molar-refractivity contribution in [1.29, 1.82) is 0 Å². The maximum atomic E-state index is 9.81. The highest BCUT2D eigenvalue weighted by Gasteiger charge is 2.04. The molecule has 0 rings (SSSR count). The third-order valence-electron chi connectivity index (χ3n) is 1.52. The molecule has 0 heterocycles. The van der Waals surface area contributed by atoms with Crippen molar-refractivity contribution in [2.24, 2.45) is 0 Å². The Morgan fingerprint density at radius 3 is 1.73 bits per heavy atom. The molecular formula is C6H12N3O6. The van der Waals surface area contributed by atoms with Gasteiger partial charge in [0.05, 0.1) is 0 Å². The lowest BCUT2D eigenvalue weighted by Gasteiger charge is -2.18. The van der Waals surface area contributed by atoms with Gasteiger partial charge in [-0.3, -0.25) is 4.90 Å². The molecule has 0 unspecified atom stereocenters. The monoisotopic (exact) mass is 222 g/mol. The van der Waals surface area contributed by atoms with Gasteiger partial charge < -0.3 is 9.68 Å². The molecule has 0 fully saturated rings. The van der Waals surface area contributed by atoms with Crippen LogP contribution >= 0.6 is 0 Å². The van der Waals surface area contributed by atoms with Crippen molar-refractivity contribution >= 4 is 0 Å². The van der Waals surface area contributed by atoms with E-state index in [2.05, 4.69) is 16.6 Å². The zero-order chi connectivity index (χ0) is 11.7. The van der Waals surface area contributed by atoms with Gasteiger partial charge in [-0.2, -0.15) is 0 Å². The van der Waals surface area contributed by atoms with E-state index in [1.54, 1.807) is 4.90 Å². The summed E-state index contributed by atoms with van der Waals surface area (Å²) in [7, 11) is 0. The topological polar surface area (TPSA) is 108 Å². The Morgan fingerprint density at radius 2 is 1.47 bits per heavy atom. The molecular weight excluding hydrogens is 210 g/mol. The molecule has 0 aliphatic heterocycles. The summed E-state index contributed by atoms with van der Waals surface area (Å²) in [4.78, 5) is 29.4. The standard InChI is InChI=1S/C6H12N3O6/c1-2-7(3-5-14-8(10)11)4-6-15-9(12)13/h1-6H2. The van der Waals surface area contributed by atoms with Crippen molar-refractivity contribution in [2.75, 3.05) is 32.8 Å². The molecule has 1 radical (unpaired) electrons. The van der Waals surface area contributed by atoms with Crippen molar-refractivity contribution in [3.63, 3.8) is 0 Å². The molecule has 87 valence electrons. The van der Waals surface area contributed by atoms with Gasteiger partial charge in [-0.1, -0.05) is 0 Å². The Bertz CT molecular complexity index is 191. The largest absolute Gasteiger partial charge is 0.313 e. The summed E-state index contributed by atoms with van der Waals surface area (Å²) in [6, 6.07) is 0. The molecule has 9 nitrogen and oxygen atoms in total. The van der Waals surface area contributed by atoms with Crippen molar-refractivity contribution in [2.45, 2.75) is 0 Å². The summed E-state index contributed by atoms with van der Waals surface area (Å²) in [6.45, 7) is 4.27. The van der Waals surface area contributed by atoms with Crippen LogP contribution in [0.3, 0.4) is 0 Å². The minimum atomic E-state index is -0.894. The lowest BCUT2D eigenvalue weighted by atomic mass is 10.5. The van der Waals surface area contributed by atoms with Crippen LogP contribution in [-0.2, 0) is 9.68 Å². The summed E-state index contributed by atoms with van der Waals surface area (Å²) < 4.78 is 0. The minimum Gasteiger partial charge on any atom is -0.313 e. The van der Waals surface area contributed by atoms with E-state index < -0.39 is 10.2 Å². The normalized spacial score (nSPS) is 10.0. The summed E-state index contributed by atoms with van der Waals surface area (Å²) in [6.07, 6.45) is 0. The first kappa shape index (κ1) is 13.4. The van der Waals surface area contributed by atoms with Crippen molar-refractivity contribution in [3.8, 4) is 0 Å². The van der Waals surface area contributed by atoms with Crippen LogP contribution in [0.1, 0.15) is 0 Å². The lowest BCUT2D eigenvalue weighted by Crippen LogP contribution is -2.31. The van der Waals surface area contributed by atoms with Crippen molar-refractivity contribution in [1.82, 2.24) is 4.90 Å². The molecule has 9 heteroatoms. The van der Waals surface area contributed by atoms with E-state index in [0.717, 1.165) is 0 Å². The molecule has 0 aromatic carbocycles. The Kier molecular flexibility index (Phi) is 6.89. The van der Waals surface area contributed by atoms with E-state index in [1.807, 2.05) is 0 Å². The van der Waals surface area contributed by atoms with E-state index in [4.69, 9.17) is 0 Å². The van der Waals surface area contributed by atoms with Crippen LogP contribution < -0.4 is 0 Å². The Hall–Kier alpha value is -1.64. The predicted octanol–water partition coefficient (Wildman–Crippen LogP) is -0.461. The van der Waals surface area contributed by atoms with Crippen LogP contribution in [-0.4, -0.2) is 47.9 Å². The van der Waals surface area contributed by atoms with Gasteiger partial charge in [0.1, 0.15) is 13.2 Å². The number of hydrogen-bond acceptors (Lipinski definition) is 7. The summed E-state index contributed by atoms with van der Waals surface area (Å²) in [5.41, 5.74) is 0. The van der Waals surface area contributed by atoms with Crippen LogP contribution in [0.4, 0.5) is 0 Å². The minimum absolute atomic E-state index is 0.0962. The van der Waals surface area contributed by atoms with Gasteiger partial charge in [-0.15, -0.1) is 20.2 Å². The SMILES string of the molecule is [CH2]CN(CCO[N+](=O)[O-])CCO[N+](=O)[O-]. The fourth-order valence-corrected chi connectivity index (χ4v) is 0.824. The first-order chi connectivity index (χ1) is 7.06. The second kappa shape index (κ2) is 7.74. The highest BCUT2D eigenvalue weighted by Crippen LogP contribution is 1.89. The van der Waals surface area contributed by atoms with Gasteiger partial charge in [-0.25, -0.2) is 0 Å². The zero-order valence-corrected chi connectivity index (χ0v) is 8.03. The molecule has 0 aliphatic rings. The van der Waals surface area contributed by atoms with Gasteiger partial charge in [0.15, 0.2) is 0 Å². The predicted molar refractivity (Wildman–Crippen MR) is 47.7 cm³/mol. The molecule has 0 saturated carbocycles. The van der Waals surface area contributed by atoms with Crippen molar-refractivity contribution < 1.29 is 19.8 Å². The fourth-order valence-electron chi connectivity index (χ4n) is 0.824. The maximum Gasteiger partial charge on any atom is 0.294 e. The van der Waals surface area contributed by atoms with Gasteiger partial charge in [0.25, 0.3) is 10.2 Å². The maximum absolute atomic E-state index is 9.81. The van der Waals surface area contributed by atoms with Crippen LogP contribution in [0.2, 0.25) is 0 Å². The summed E-state index contributed by atoms with van der Waals surface area (Å²) >= 11 is 0. The highest BCUT2D eigenvalue weighted by atomic mass is 17.0. The smallest absolute Gasteiger partial charge is 0.294 e. The van der Waals surface area contributed by atoms with Gasteiger partial charge in [-0.05, 0) is 13.5 Å². The second-order valence-corrected chi connectivity index (χ2v) is 2.46. The van der Waals surface area contributed by atoms with Gasteiger partial charge >= 0.3 is 0 Å². The van der Waals surface area contributed by atoms with E-state index in [-0.39, 0.29) is 26.3 Å². The number of rotatable bonds is 9. The molecule has 0 spiro atoms. The molecule has 0 N–H and O–H groups in total. The molecule has 0 bridgehead atoms. The van der Waals surface area contributed by atoms with Crippen LogP contribution in [0.25, 0.3) is 0 Å². The first-order valence-electron chi connectivity index (χ1n) is 4.12. The van der Waals surface area contributed by atoms with Gasteiger partial charge in [0, 0.05) is 13.1 Å². The van der Waals surface area contributed by atoms with E-state index in [1.165, 1.54) is 0 Å². The number of hydrogen-bond donors (Lipinski definition) is 0. The van der Waals surface area contributed by atoms with E-state index in [9.17, 15) is 20.2 Å². The Morgan fingerprint density at radius 1 is 1.07 bits per heavy atom. The molecule has 15 heavy (non-hydrogen) atoms.